The van der Waals surface area contributed by atoms with E-state index >= 15 is 0 Å². The van der Waals surface area contributed by atoms with E-state index in [4.69, 9.17) is 0 Å². The van der Waals surface area contributed by atoms with Crippen LogP contribution in [-0.2, 0) is 21.4 Å². The minimum atomic E-state index is -0.995. The van der Waals surface area contributed by atoms with Gasteiger partial charge in [-0.2, -0.15) is 0 Å². The molecule has 1 saturated heterocycles. The summed E-state index contributed by atoms with van der Waals surface area (Å²) >= 11 is 1.47. The van der Waals surface area contributed by atoms with E-state index in [0.717, 1.165) is 27.1 Å². The van der Waals surface area contributed by atoms with Gasteiger partial charge in [0.1, 0.15) is 6.04 Å². The largest absolute Gasteiger partial charge is 0.480 e. The van der Waals surface area contributed by atoms with Crippen molar-refractivity contribution >= 4 is 29.0 Å². The number of carbonyl (C=O) groups is 3. The molecule has 2 fully saturated rings. The summed E-state index contributed by atoms with van der Waals surface area (Å²) in [5.41, 5.74) is 5.16. The Kier molecular flexibility index (Phi) is 9.69. The molecule has 0 spiro atoms. The Morgan fingerprint density at radius 3 is 2.13 bits per heavy atom. The first-order valence-electron chi connectivity index (χ1n) is 16.8. The quantitative estimate of drug-likeness (QED) is 0.173. The van der Waals surface area contributed by atoms with Gasteiger partial charge in [0.05, 0.1) is 4.88 Å². The van der Waals surface area contributed by atoms with Gasteiger partial charge in [-0.1, -0.05) is 82.1 Å². The van der Waals surface area contributed by atoms with E-state index in [2.05, 4.69) is 55.0 Å². The Balaban J connectivity index is 1.16. The van der Waals surface area contributed by atoms with Crippen LogP contribution in [0.1, 0.15) is 97.3 Å². The molecule has 1 aliphatic carbocycles. The zero-order valence-electron chi connectivity index (χ0n) is 27.4. The van der Waals surface area contributed by atoms with E-state index < -0.39 is 17.9 Å². The number of nitrogens with zero attached hydrogens (tertiary/aromatic N) is 3. The minimum absolute atomic E-state index is 0.0275. The molecule has 4 aromatic rings. The number of carboxylic acids is 1. The van der Waals surface area contributed by atoms with Crippen molar-refractivity contribution in [3.05, 3.63) is 93.9 Å². The molecule has 6 rings (SSSR count). The maximum absolute atomic E-state index is 13.8. The van der Waals surface area contributed by atoms with Gasteiger partial charge in [-0.05, 0) is 72.3 Å². The normalized spacial score (nSPS) is 17.6. The minimum Gasteiger partial charge on any atom is -0.480 e. The number of amides is 1. The molecule has 7 nitrogen and oxygen atoms in total. The molecular formula is C39H43N3O4S. The topological polar surface area (TPSA) is 100 Å². The number of aromatic nitrogens is 2. The molecular weight excluding hydrogens is 607 g/mol. The van der Waals surface area contributed by atoms with E-state index in [-0.39, 0.29) is 23.5 Å². The van der Waals surface area contributed by atoms with Crippen molar-refractivity contribution in [1.29, 1.82) is 0 Å². The number of thiophene rings is 1. The first kappa shape index (κ1) is 32.8. The molecule has 1 saturated carbocycles. The molecule has 2 aromatic heterocycles. The highest BCUT2D eigenvalue weighted by atomic mass is 32.1. The SMILES string of the molecule is CC(C)(C)c1ccc(C(=O)C[C@@H](Cc2ccc(-c3ncc(-c4ccc(C5CCCC5)cc4)cn3)cc2)C(=O)N2CCC[C@H]2C(=O)O)s1. The van der Waals surface area contributed by atoms with Crippen molar-refractivity contribution in [3.63, 3.8) is 0 Å². The molecule has 2 aliphatic rings. The maximum atomic E-state index is 13.8. The van der Waals surface area contributed by atoms with Crippen molar-refractivity contribution in [1.82, 2.24) is 14.9 Å². The van der Waals surface area contributed by atoms with Crippen molar-refractivity contribution in [3.8, 4) is 22.5 Å². The molecule has 1 aliphatic heterocycles. The lowest BCUT2D eigenvalue weighted by Crippen LogP contribution is -2.44. The summed E-state index contributed by atoms with van der Waals surface area (Å²) in [7, 11) is 0. The zero-order valence-corrected chi connectivity index (χ0v) is 28.3. The molecule has 3 heterocycles. The fourth-order valence-electron chi connectivity index (χ4n) is 6.89. The average molecular weight is 650 g/mol. The summed E-state index contributed by atoms with van der Waals surface area (Å²) in [6.07, 6.45) is 10.3. The van der Waals surface area contributed by atoms with Gasteiger partial charge in [0, 0.05) is 47.3 Å². The van der Waals surface area contributed by atoms with E-state index in [0.29, 0.717) is 42.4 Å². The third kappa shape index (κ3) is 7.54. The van der Waals surface area contributed by atoms with Crippen molar-refractivity contribution in [2.75, 3.05) is 6.54 Å². The van der Waals surface area contributed by atoms with E-state index in [9.17, 15) is 19.5 Å². The van der Waals surface area contributed by atoms with Gasteiger partial charge >= 0.3 is 5.97 Å². The fourth-order valence-corrected chi connectivity index (χ4v) is 7.90. The predicted octanol–water partition coefficient (Wildman–Crippen LogP) is 8.33. The summed E-state index contributed by atoms with van der Waals surface area (Å²) in [6, 6.07) is 19.5. The number of benzene rings is 2. The van der Waals surface area contributed by atoms with Crippen LogP contribution in [0.2, 0.25) is 0 Å². The van der Waals surface area contributed by atoms with Gasteiger partial charge in [-0.3, -0.25) is 9.59 Å². The molecule has 0 radical (unpaired) electrons. The number of hydrogen-bond donors (Lipinski definition) is 1. The van der Waals surface area contributed by atoms with Gasteiger partial charge in [0.25, 0.3) is 0 Å². The lowest BCUT2D eigenvalue weighted by Gasteiger charge is -2.26. The van der Waals surface area contributed by atoms with Gasteiger partial charge in [-0.15, -0.1) is 11.3 Å². The number of aliphatic carboxylic acids is 1. The van der Waals surface area contributed by atoms with Crippen LogP contribution in [0, 0.1) is 5.92 Å². The van der Waals surface area contributed by atoms with Crippen LogP contribution < -0.4 is 0 Å². The molecule has 1 N–H and O–H groups in total. The first-order valence-corrected chi connectivity index (χ1v) is 17.6. The van der Waals surface area contributed by atoms with E-state index in [1.54, 1.807) is 0 Å². The van der Waals surface area contributed by atoms with Gasteiger partial charge in [0.15, 0.2) is 11.6 Å². The monoisotopic (exact) mass is 649 g/mol. The van der Waals surface area contributed by atoms with Crippen molar-refractivity contribution < 1.29 is 19.5 Å². The molecule has 2 aromatic carbocycles. The lowest BCUT2D eigenvalue weighted by atomic mass is 9.91. The fraction of sp³-hybridized carbons (Fsp3) is 0.410. The molecule has 47 heavy (non-hydrogen) atoms. The van der Waals surface area contributed by atoms with Crippen LogP contribution in [0.3, 0.4) is 0 Å². The first-order chi connectivity index (χ1) is 22.6. The van der Waals surface area contributed by atoms with Gasteiger partial charge in [0.2, 0.25) is 5.91 Å². The van der Waals surface area contributed by atoms with Crippen LogP contribution in [-0.4, -0.2) is 50.2 Å². The second-order valence-corrected chi connectivity index (χ2v) is 15.1. The van der Waals surface area contributed by atoms with E-state index in [1.165, 1.54) is 47.5 Å². The van der Waals surface area contributed by atoms with Crippen LogP contribution in [0.4, 0.5) is 0 Å². The van der Waals surface area contributed by atoms with Crippen molar-refractivity contribution in [2.24, 2.45) is 5.92 Å². The summed E-state index contributed by atoms with van der Waals surface area (Å²) in [5.74, 6) is -0.721. The number of carbonyl (C=O) groups excluding carboxylic acids is 2. The van der Waals surface area contributed by atoms with Crippen LogP contribution >= 0.6 is 11.3 Å². The average Bonchev–Trinajstić information content (AvgIpc) is 3.87. The lowest BCUT2D eigenvalue weighted by molar-refractivity contribution is -0.149. The molecule has 2 atom stereocenters. The van der Waals surface area contributed by atoms with E-state index in [1.807, 2.05) is 48.8 Å². The smallest absolute Gasteiger partial charge is 0.326 e. The summed E-state index contributed by atoms with van der Waals surface area (Å²) in [4.78, 5) is 51.7. The second kappa shape index (κ2) is 13.9. The van der Waals surface area contributed by atoms with Gasteiger partial charge in [-0.25, -0.2) is 14.8 Å². The highest BCUT2D eigenvalue weighted by molar-refractivity contribution is 7.14. The number of likely N-dealkylation sites (tertiary alicyclic amines) is 1. The molecule has 244 valence electrons. The molecule has 0 bridgehead atoms. The zero-order chi connectivity index (χ0) is 33.1. The number of hydrogen-bond acceptors (Lipinski definition) is 6. The highest BCUT2D eigenvalue weighted by Crippen LogP contribution is 2.35. The third-order valence-corrected chi connectivity index (χ3v) is 11.2. The molecule has 8 heteroatoms. The standard InChI is InChI=1S/C39H43N3O4S/c1-39(2,3)35-19-18-34(47-35)33(43)22-30(37(44)42-20-6-9-32(42)38(45)46)21-25-10-12-29(13-11-25)36-40-23-31(24-41-36)28-16-14-27(15-17-28)26-7-4-5-8-26/h10-19,23-24,26,30,32H,4-9,20-22H2,1-3H3,(H,45,46)/t30-,32+/m1/s1. The van der Waals surface area contributed by atoms with Crippen molar-refractivity contribution in [2.45, 2.75) is 89.5 Å². The Labute approximate surface area is 281 Å². The van der Waals surface area contributed by atoms with Crippen LogP contribution in [0.25, 0.3) is 22.5 Å². The third-order valence-electron chi connectivity index (χ3n) is 9.64. The highest BCUT2D eigenvalue weighted by Gasteiger charge is 2.38. The predicted molar refractivity (Wildman–Crippen MR) is 186 cm³/mol. The Morgan fingerprint density at radius 1 is 0.851 bits per heavy atom. The maximum Gasteiger partial charge on any atom is 0.326 e. The number of carboxylic acid groups (broad SMARTS) is 1. The Bertz CT molecular complexity index is 1720. The second-order valence-electron chi connectivity index (χ2n) is 14.1. The summed E-state index contributed by atoms with van der Waals surface area (Å²) in [6.45, 7) is 6.72. The Morgan fingerprint density at radius 2 is 1.51 bits per heavy atom. The molecule has 1 amide bonds. The number of rotatable bonds is 10. The van der Waals surface area contributed by atoms with Crippen LogP contribution in [0.15, 0.2) is 73.1 Å². The number of Topliss-reactive ketones (excluding diaryl/α,β-unsaturated/α-hetero) is 1. The summed E-state index contributed by atoms with van der Waals surface area (Å²) in [5, 5.41) is 9.74. The number of ketones is 1. The van der Waals surface area contributed by atoms with Crippen LogP contribution in [0.5, 0.6) is 0 Å². The van der Waals surface area contributed by atoms with Gasteiger partial charge < -0.3 is 10.0 Å². The molecule has 0 unspecified atom stereocenters. The Hall–Kier alpha value is -4.17. The summed E-state index contributed by atoms with van der Waals surface area (Å²) < 4.78 is 0.